The number of Topliss-reactive ketones (excluding diaryl/α,β-unsaturated/α-hetero) is 5. The van der Waals surface area contributed by atoms with Gasteiger partial charge >= 0.3 is 0 Å². The van der Waals surface area contributed by atoms with Crippen LogP contribution in [0.15, 0.2) is 273 Å². The van der Waals surface area contributed by atoms with E-state index in [1.807, 2.05) is 140 Å². The number of hydrogen-bond donors (Lipinski definition) is 0. The molecule has 4 saturated carbocycles. The van der Waals surface area contributed by atoms with Crippen molar-refractivity contribution in [1.82, 2.24) is 0 Å². The molecule has 1 saturated heterocycles. The Morgan fingerprint density at radius 1 is 0.262 bits per heavy atom. The fraction of sp³-hybridized carbons (Fsp3) is 0.444. The summed E-state index contributed by atoms with van der Waals surface area (Å²) < 4.78 is 41.6. The van der Waals surface area contributed by atoms with Crippen LogP contribution in [0.3, 0.4) is 0 Å². The van der Waals surface area contributed by atoms with Crippen molar-refractivity contribution in [2.24, 2.45) is 0 Å². The number of nitrogens with zero attached hydrogens (tertiary/aromatic N) is 1. The predicted octanol–water partition coefficient (Wildman–Crippen LogP) is 27.1. The van der Waals surface area contributed by atoms with Crippen molar-refractivity contribution in [2.45, 2.75) is 294 Å². The highest BCUT2D eigenvalue weighted by Gasteiger charge is 2.31. The molecule has 1 aliphatic heterocycles. The molecule has 9 unspecified atom stereocenters. The van der Waals surface area contributed by atoms with E-state index in [9.17, 15) is 24.0 Å². The second-order valence-corrected chi connectivity index (χ2v) is 36.7. The maximum atomic E-state index is 11.0. The number of carbonyl (C=O) groups is 5. The van der Waals surface area contributed by atoms with Crippen LogP contribution in [-0.4, -0.2) is 99.0 Å². The number of piperidine rings is 1. The minimum Gasteiger partial charge on any atom is -0.490 e. The van der Waals surface area contributed by atoms with Crippen LogP contribution in [0.4, 0.5) is 5.69 Å². The third kappa shape index (κ3) is 38.0. The minimum atomic E-state index is 0.0730. The van der Waals surface area contributed by atoms with E-state index in [1.165, 1.54) is 107 Å². The van der Waals surface area contributed by atoms with Crippen molar-refractivity contribution in [2.75, 3.05) is 44.4 Å². The van der Waals surface area contributed by atoms with Gasteiger partial charge in [0.15, 0.2) is 11.6 Å². The van der Waals surface area contributed by atoms with E-state index in [2.05, 4.69) is 138 Å². The topological polar surface area (TPSA) is 153 Å². The van der Waals surface area contributed by atoms with Crippen LogP contribution < -0.4 is 28.6 Å². The fourth-order valence-corrected chi connectivity index (χ4v) is 18.5. The molecule has 10 aromatic rings. The summed E-state index contributed by atoms with van der Waals surface area (Å²) in [4.78, 5) is 57.2. The van der Waals surface area contributed by atoms with Gasteiger partial charge in [-0.2, -0.15) is 0 Å². The number of unbranched alkanes of at least 4 members (excludes halogenated alkanes) is 3. The first-order valence-electron chi connectivity index (χ1n) is 48.9. The van der Waals surface area contributed by atoms with Gasteiger partial charge in [0.25, 0.3) is 0 Å². The predicted molar refractivity (Wildman–Crippen MR) is 528 cm³/mol. The summed E-state index contributed by atoms with van der Waals surface area (Å²) in [5.74, 6) is 8.24. The van der Waals surface area contributed by atoms with Crippen molar-refractivity contribution in [1.29, 1.82) is 0 Å². The molecule has 5 fully saturated rings. The number of rotatable bonds is 40. The number of carbonyl (C=O) groups excluding carboxylic acids is 5. The molecule has 9 atom stereocenters. The van der Waals surface area contributed by atoms with Crippen molar-refractivity contribution >= 4 is 34.6 Å². The van der Waals surface area contributed by atoms with Crippen molar-refractivity contribution in [3.8, 4) is 28.7 Å². The lowest BCUT2D eigenvalue weighted by Gasteiger charge is -2.34. The summed E-state index contributed by atoms with van der Waals surface area (Å²) in [5.41, 5.74) is 13.6. The summed E-state index contributed by atoms with van der Waals surface area (Å²) in [6.07, 6.45) is 35.8. The molecule has 0 aromatic heterocycles. The number of para-hydroxylation sites is 5. The van der Waals surface area contributed by atoms with E-state index < -0.39 is 0 Å². The highest BCUT2D eigenvalue weighted by molar-refractivity contribution is 5.77. The van der Waals surface area contributed by atoms with Gasteiger partial charge in [0, 0.05) is 31.5 Å². The standard InChI is InChI=1S/C25H32O2.C24H30O3.C23H29NO2.C23H28O2.C22H26O3/c1-20(26)9-5-6-10-21-15-17-22(18-16-21)23-11-7-8-14-25(19-23)27-24-12-3-2-4-13-24;1-19(25)18-26-16-15-20-11-13-21(14-12-20)22-7-5-6-10-24(17-22)27-23-8-3-2-4-9-23;1-19(25)8-5-6-9-20-13-15-21(16-14-20)24-17-7-12-23(18-24)26-22-10-3-2-4-11-22;1-18(24)7-5-6-8-19-11-13-20(14-12-19)21-15-16-23(17-21)25-22-9-3-2-4-10-22;1-17(23)16-24-14-13-18-7-9-19(10-8-18)20-11-12-22(15-20)25-21-5-3-2-4-6-21/h2-4,12-13,15-18,23,25H,5-11,14,19H2,1H3;2-4,8-9,11-14,22,24H,5-7,10,15-18H2,1H3;2-4,10-11,13-16,23H,5-9,12,17-18H2,1H3;2-4,9-14,21,23H,5-8,15-17H2,1H3;2-10,20,22H,11-16H2,1H3. The molecule has 0 amide bonds. The molecule has 15 rings (SSSR count). The molecule has 5 aliphatic rings. The third-order valence-electron chi connectivity index (χ3n) is 25.6. The second kappa shape index (κ2) is 56.8. The van der Waals surface area contributed by atoms with Crippen LogP contribution in [0.25, 0.3) is 0 Å². The average molecular weight is 1760 g/mol. The molecule has 10 aromatic carbocycles. The van der Waals surface area contributed by atoms with Gasteiger partial charge in [-0.25, -0.2) is 0 Å². The van der Waals surface area contributed by atoms with E-state index in [0.29, 0.717) is 92.1 Å². The number of ketones is 5. The van der Waals surface area contributed by atoms with E-state index >= 15 is 0 Å². The van der Waals surface area contributed by atoms with E-state index in [4.69, 9.17) is 33.2 Å². The summed E-state index contributed by atoms with van der Waals surface area (Å²) in [5, 5.41) is 0. The molecule has 0 bridgehead atoms. The Morgan fingerprint density at radius 2 is 0.523 bits per heavy atom. The molecule has 0 spiro atoms. The zero-order chi connectivity index (χ0) is 91.0. The van der Waals surface area contributed by atoms with Crippen LogP contribution in [0.1, 0.15) is 282 Å². The normalized spacial score (nSPS) is 19.3. The van der Waals surface area contributed by atoms with Crippen LogP contribution in [0.5, 0.6) is 28.7 Å². The van der Waals surface area contributed by atoms with E-state index in [0.717, 1.165) is 177 Å². The van der Waals surface area contributed by atoms with Gasteiger partial charge < -0.3 is 52.4 Å². The lowest BCUT2D eigenvalue weighted by atomic mass is 9.90. The number of benzene rings is 10. The monoisotopic (exact) mass is 1760 g/mol. The first-order chi connectivity index (χ1) is 63.5. The second-order valence-electron chi connectivity index (χ2n) is 36.7. The maximum absolute atomic E-state index is 11.0. The molecule has 0 N–H and O–H groups in total. The Bertz CT molecular complexity index is 4570. The number of ether oxygens (including phenoxy) is 7. The van der Waals surface area contributed by atoms with Crippen molar-refractivity contribution in [3.63, 3.8) is 0 Å². The average Bonchev–Trinajstić information content (AvgIpc) is 1.40. The molecule has 13 heteroatoms. The maximum Gasteiger partial charge on any atom is 0.155 e. The SMILES string of the molecule is CC(=O)CCCCc1ccc(C2CCC(Oc3ccccc3)C2)cc1.CC(=O)CCCCc1ccc(C2CCCCC(Oc3ccccc3)C2)cc1.CC(=O)CCCCc1ccc(N2CCCC(Oc3ccccc3)C2)cc1.CC(=O)COCCc1ccc(C2CCC(Oc3ccccc3)C2)cc1.CC(=O)COCCc1ccc(C2CCCCC(Oc3ccccc3)C2)cc1. The molecule has 0 radical (unpaired) electrons. The van der Waals surface area contributed by atoms with Crippen LogP contribution in [0, 0.1) is 0 Å². The van der Waals surface area contributed by atoms with Gasteiger partial charge in [0.2, 0.25) is 0 Å². The summed E-state index contributed by atoms with van der Waals surface area (Å²) in [6, 6.07) is 95.7. The van der Waals surface area contributed by atoms with Crippen LogP contribution >= 0.6 is 0 Å². The quantitative estimate of drug-likeness (QED) is 0.0265. The molecule has 1 heterocycles. The highest BCUT2D eigenvalue weighted by atomic mass is 16.5. The van der Waals surface area contributed by atoms with Gasteiger partial charge in [-0.15, -0.1) is 0 Å². The molecular formula is C117H145NO12. The Morgan fingerprint density at radius 3 is 0.823 bits per heavy atom. The molecule has 4 aliphatic carbocycles. The van der Waals surface area contributed by atoms with E-state index in [1.54, 1.807) is 34.6 Å². The number of hydrogen-bond acceptors (Lipinski definition) is 13. The lowest BCUT2D eigenvalue weighted by Crippen LogP contribution is -2.41. The number of aryl methyl sites for hydroxylation is 3. The summed E-state index contributed by atoms with van der Waals surface area (Å²) in [6.45, 7) is 11.8. The number of anilines is 1. The van der Waals surface area contributed by atoms with Crippen LogP contribution in [-0.2, 0) is 65.6 Å². The molecule has 13 nitrogen and oxygen atoms in total. The summed E-state index contributed by atoms with van der Waals surface area (Å²) >= 11 is 0. The smallest absolute Gasteiger partial charge is 0.155 e. The van der Waals surface area contributed by atoms with E-state index in [-0.39, 0.29) is 36.7 Å². The summed E-state index contributed by atoms with van der Waals surface area (Å²) in [7, 11) is 0. The van der Waals surface area contributed by atoms with Gasteiger partial charge in [0.1, 0.15) is 65.4 Å². The van der Waals surface area contributed by atoms with Crippen molar-refractivity contribution in [3.05, 3.63) is 323 Å². The minimum absolute atomic E-state index is 0.0730. The fourth-order valence-electron chi connectivity index (χ4n) is 18.5. The van der Waals surface area contributed by atoms with Gasteiger partial charge in [-0.1, -0.05) is 213 Å². The largest absolute Gasteiger partial charge is 0.490 e. The zero-order valence-electron chi connectivity index (χ0n) is 78.4. The van der Waals surface area contributed by atoms with Gasteiger partial charge in [0.05, 0.1) is 44.2 Å². The third-order valence-corrected chi connectivity index (χ3v) is 25.6. The Kier molecular flexibility index (Phi) is 43.6. The van der Waals surface area contributed by atoms with Crippen molar-refractivity contribution < 1.29 is 57.1 Å². The van der Waals surface area contributed by atoms with Gasteiger partial charge in [-0.05, 0) is 355 Å². The Labute approximate surface area is 777 Å². The Balaban J connectivity index is 0.000000157. The zero-order valence-corrected chi connectivity index (χ0v) is 78.4. The van der Waals surface area contributed by atoms with Gasteiger partial charge in [-0.3, -0.25) is 9.59 Å². The molecular weight excluding hydrogens is 1610 g/mol. The first-order valence-corrected chi connectivity index (χ1v) is 48.9. The molecule has 130 heavy (non-hydrogen) atoms. The first kappa shape index (κ1) is 99.8. The highest BCUT2D eigenvalue weighted by Crippen LogP contribution is 2.41. The lowest BCUT2D eigenvalue weighted by molar-refractivity contribution is -0.122. The molecule has 690 valence electrons. The van der Waals surface area contributed by atoms with Crippen LogP contribution in [0.2, 0.25) is 0 Å². The Hall–Kier alpha value is -10.7.